The van der Waals surface area contributed by atoms with Crippen LogP contribution in [0.1, 0.15) is 55.8 Å². The SMILES string of the molecule is CC(C)c1ccc(-c2nc(N)c3c(n2)CCCCC3)cc1. The topological polar surface area (TPSA) is 51.8 Å². The second-order valence-corrected chi connectivity index (χ2v) is 6.20. The molecule has 3 rings (SSSR count). The number of hydrogen-bond acceptors (Lipinski definition) is 3. The van der Waals surface area contributed by atoms with E-state index in [1.807, 2.05) is 0 Å². The van der Waals surface area contributed by atoms with Gasteiger partial charge < -0.3 is 5.73 Å². The number of aryl methyl sites for hydroxylation is 1. The summed E-state index contributed by atoms with van der Waals surface area (Å²) in [6, 6.07) is 8.52. The lowest BCUT2D eigenvalue weighted by Gasteiger charge is -2.11. The smallest absolute Gasteiger partial charge is 0.161 e. The predicted octanol–water partition coefficient (Wildman–Crippen LogP) is 4.12. The maximum Gasteiger partial charge on any atom is 0.161 e. The first-order chi connectivity index (χ1) is 10.1. The number of nitrogens with two attached hydrogens (primary N) is 1. The van der Waals surface area contributed by atoms with Crippen molar-refractivity contribution in [3.8, 4) is 11.4 Å². The van der Waals surface area contributed by atoms with Crippen LogP contribution in [0.15, 0.2) is 24.3 Å². The molecule has 1 aromatic carbocycles. The Hall–Kier alpha value is -1.90. The summed E-state index contributed by atoms with van der Waals surface area (Å²) >= 11 is 0. The molecule has 0 amide bonds. The van der Waals surface area contributed by atoms with Crippen LogP contribution in [0.3, 0.4) is 0 Å². The minimum absolute atomic E-state index is 0.539. The quantitative estimate of drug-likeness (QED) is 0.842. The Morgan fingerprint density at radius 1 is 0.952 bits per heavy atom. The van der Waals surface area contributed by atoms with Gasteiger partial charge in [-0.3, -0.25) is 0 Å². The van der Waals surface area contributed by atoms with Crippen molar-refractivity contribution in [3.63, 3.8) is 0 Å². The summed E-state index contributed by atoms with van der Waals surface area (Å²) in [6.45, 7) is 4.40. The average molecular weight is 281 g/mol. The van der Waals surface area contributed by atoms with Crippen molar-refractivity contribution in [3.05, 3.63) is 41.1 Å². The third-order valence-corrected chi connectivity index (χ3v) is 4.30. The van der Waals surface area contributed by atoms with E-state index in [1.165, 1.54) is 30.4 Å². The van der Waals surface area contributed by atoms with Crippen LogP contribution >= 0.6 is 0 Å². The van der Waals surface area contributed by atoms with Crippen LogP contribution in [0.25, 0.3) is 11.4 Å². The molecule has 0 atom stereocenters. The molecule has 3 heteroatoms. The van der Waals surface area contributed by atoms with E-state index in [9.17, 15) is 0 Å². The molecule has 1 aliphatic carbocycles. The number of anilines is 1. The monoisotopic (exact) mass is 281 g/mol. The third-order valence-electron chi connectivity index (χ3n) is 4.30. The van der Waals surface area contributed by atoms with E-state index in [0.29, 0.717) is 11.7 Å². The molecule has 0 unspecified atom stereocenters. The van der Waals surface area contributed by atoms with E-state index >= 15 is 0 Å². The molecule has 21 heavy (non-hydrogen) atoms. The zero-order chi connectivity index (χ0) is 14.8. The van der Waals surface area contributed by atoms with Crippen molar-refractivity contribution in [2.45, 2.75) is 51.9 Å². The highest BCUT2D eigenvalue weighted by molar-refractivity contribution is 5.59. The van der Waals surface area contributed by atoms with Gasteiger partial charge in [0.1, 0.15) is 5.82 Å². The first-order valence-electron chi connectivity index (χ1n) is 7.90. The third kappa shape index (κ3) is 2.92. The van der Waals surface area contributed by atoms with Gasteiger partial charge in [0.05, 0.1) is 0 Å². The Balaban J connectivity index is 1.99. The van der Waals surface area contributed by atoms with E-state index in [0.717, 1.165) is 29.9 Å². The molecule has 0 radical (unpaired) electrons. The summed E-state index contributed by atoms with van der Waals surface area (Å²) in [5.74, 6) is 1.98. The highest BCUT2D eigenvalue weighted by atomic mass is 15.0. The number of aromatic nitrogens is 2. The van der Waals surface area contributed by atoms with Crippen molar-refractivity contribution >= 4 is 5.82 Å². The van der Waals surface area contributed by atoms with Crippen LogP contribution in [-0.4, -0.2) is 9.97 Å². The molecular weight excluding hydrogens is 258 g/mol. The first-order valence-corrected chi connectivity index (χ1v) is 7.90. The molecule has 1 aromatic heterocycles. The van der Waals surface area contributed by atoms with Crippen LogP contribution in [0.4, 0.5) is 5.82 Å². The van der Waals surface area contributed by atoms with Gasteiger partial charge in [0.15, 0.2) is 5.82 Å². The van der Waals surface area contributed by atoms with Crippen molar-refractivity contribution in [1.82, 2.24) is 9.97 Å². The largest absolute Gasteiger partial charge is 0.383 e. The molecule has 2 aromatic rings. The molecule has 0 saturated heterocycles. The van der Waals surface area contributed by atoms with Gasteiger partial charge in [0.2, 0.25) is 0 Å². The lowest BCUT2D eigenvalue weighted by atomic mass is 10.0. The van der Waals surface area contributed by atoms with Gasteiger partial charge in [-0.25, -0.2) is 9.97 Å². The molecule has 0 fully saturated rings. The fourth-order valence-corrected chi connectivity index (χ4v) is 2.95. The second-order valence-electron chi connectivity index (χ2n) is 6.20. The Kier molecular flexibility index (Phi) is 3.91. The zero-order valence-electron chi connectivity index (χ0n) is 12.9. The molecular formula is C18H23N3. The van der Waals surface area contributed by atoms with Crippen LogP contribution in [0.5, 0.6) is 0 Å². The van der Waals surface area contributed by atoms with E-state index in [4.69, 9.17) is 10.7 Å². The molecule has 2 N–H and O–H groups in total. The minimum atomic E-state index is 0.539. The Morgan fingerprint density at radius 2 is 1.67 bits per heavy atom. The second kappa shape index (κ2) is 5.84. The molecule has 1 aliphatic rings. The number of nitrogen functional groups attached to an aromatic ring is 1. The van der Waals surface area contributed by atoms with Crippen molar-refractivity contribution in [2.75, 3.05) is 5.73 Å². The van der Waals surface area contributed by atoms with Crippen molar-refractivity contribution in [2.24, 2.45) is 0 Å². The van der Waals surface area contributed by atoms with Crippen LogP contribution < -0.4 is 5.73 Å². The van der Waals surface area contributed by atoms with Crippen LogP contribution in [-0.2, 0) is 12.8 Å². The maximum absolute atomic E-state index is 6.18. The zero-order valence-corrected chi connectivity index (χ0v) is 12.9. The van der Waals surface area contributed by atoms with E-state index in [-0.39, 0.29) is 0 Å². The van der Waals surface area contributed by atoms with E-state index in [1.54, 1.807) is 0 Å². The van der Waals surface area contributed by atoms with E-state index < -0.39 is 0 Å². The van der Waals surface area contributed by atoms with Gasteiger partial charge in [-0.05, 0) is 37.2 Å². The highest BCUT2D eigenvalue weighted by Gasteiger charge is 2.15. The standard InChI is InChI=1S/C18H23N3/c1-12(2)13-8-10-14(11-9-13)18-20-16-7-5-3-4-6-15(16)17(19)21-18/h8-12H,3-7H2,1-2H3,(H2,19,20,21). The van der Waals surface area contributed by atoms with Crippen molar-refractivity contribution in [1.29, 1.82) is 0 Å². The molecule has 110 valence electrons. The lowest BCUT2D eigenvalue weighted by Crippen LogP contribution is -2.06. The van der Waals surface area contributed by atoms with Crippen LogP contribution in [0.2, 0.25) is 0 Å². The fourth-order valence-electron chi connectivity index (χ4n) is 2.95. The van der Waals surface area contributed by atoms with E-state index in [2.05, 4.69) is 43.1 Å². The fraction of sp³-hybridized carbons (Fsp3) is 0.444. The molecule has 3 nitrogen and oxygen atoms in total. The van der Waals surface area contributed by atoms with Gasteiger partial charge in [-0.1, -0.05) is 44.5 Å². The van der Waals surface area contributed by atoms with Crippen molar-refractivity contribution < 1.29 is 0 Å². The Morgan fingerprint density at radius 3 is 2.38 bits per heavy atom. The van der Waals surface area contributed by atoms with Gasteiger partial charge >= 0.3 is 0 Å². The molecule has 0 saturated carbocycles. The Bertz CT molecular complexity index is 630. The summed E-state index contributed by atoms with van der Waals surface area (Å²) in [5.41, 5.74) is 10.9. The summed E-state index contributed by atoms with van der Waals surface area (Å²) in [5, 5.41) is 0. The first kappa shape index (κ1) is 14.1. The summed E-state index contributed by atoms with van der Waals surface area (Å²) < 4.78 is 0. The van der Waals surface area contributed by atoms with Crippen LogP contribution in [0, 0.1) is 0 Å². The number of nitrogens with zero attached hydrogens (tertiary/aromatic N) is 2. The molecule has 1 heterocycles. The number of rotatable bonds is 2. The normalized spacial score (nSPS) is 14.8. The van der Waals surface area contributed by atoms with Gasteiger partial charge in [0.25, 0.3) is 0 Å². The number of benzene rings is 1. The minimum Gasteiger partial charge on any atom is -0.383 e. The average Bonchev–Trinajstić information content (AvgIpc) is 2.73. The maximum atomic E-state index is 6.18. The lowest BCUT2D eigenvalue weighted by molar-refractivity contribution is 0.709. The molecule has 0 bridgehead atoms. The molecule has 0 spiro atoms. The highest BCUT2D eigenvalue weighted by Crippen LogP contribution is 2.27. The van der Waals surface area contributed by atoms with Gasteiger partial charge in [-0.2, -0.15) is 0 Å². The van der Waals surface area contributed by atoms with Gasteiger partial charge in [0, 0.05) is 16.8 Å². The summed E-state index contributed by atoms with van der Waals surface area (Å²) in [4.78, 5) is 9.33. The Labute approximate surface area is 126 Å². The molecule has 0 aliphatic heterocycles. The number of hydrogen-bond donors (Lipinski definition) is 1. The predicted molar refractivity (Wildman–Crippen MR) is 87.2 cm³/mol. The summed E-state index contributed by atoms with van der Waals surface area (Å²) in [7, 11) is 0. The van der Waals surface area contributed by atoms with Gasteiger partial charge in [-0.15, -0.1) is 0 Å². The number of fused-ring (bicyclic) bond motifs is 1. The summed E-state index contributed by atoms with van der Waals surface area (Å²) in [6.07, 6.45) is 5.71.